The van der Waals surface area contributed by atoms with Crippen molar-refractivity contribution >= 4 is 17.6 Å². The first kappa shape index (κ1) is 14.8. The Labute approximate surface area is 130 Å². The summed E-state index contributed by atoms with van der Waals surface area (Å²) in [5.74, 6) is -0.193. The van der Waals surface area contributed by atoms with Gasteiger partial charge in [-0.2, -0.15) is 0 Å². The molecular weight excluding hydrogens is 280 g/mol. The molecule has 6 nitrogen and oxygen atoms in total. The van der Waals surface area contributed by atoms with Gasteiger partial charge in [0.1, 0.15) is 0 Å². The van der Waals surface area contributed by atoms with Crippen molar-refractivity contribution < 1.29 is 14.5 Å². The first-order valence-electron chi connectivity index (χ1n) is 7.94. The summed E-state index contributed by atoms with van der Waals surface area (Å²) in [7, 11) is 0. The van der Waals surface area contributed by atoms with Gasteiger partial charge in [0, 0.05) is 11.7 Å². The second kappa shape index (κ2) is 6.79. The number of benzene rings is 1. The average Bonchev–Trinajstić information content (AvgIpc) is 3.32. The number of quaternary nitrogens is 1. The van der Waals surface area contributed by atoms with Gasteiger partial charge in [0.15, 0.2) is 6.54 Å². The molecule has 1 aliphatic carbocycles. The van der Waals surface area contributed by atoms with Crippen molar-refractivity contribution in [1.29, 1.82) is 0 Å². The van der Waals surface area contributed by atoms with Crippen LogP contribution in [0.15, 0.2) is 30.3 Å². The topological polar surface area (TPSA) is 65.9 Å². The number of urea groups is 1. The van der Waals surface area contributed by atoms with E-state index in [4.69, 9.17) is 0 Å². The fourth-order valence-electron chi connectivity index (χ4n) is 2.74. The van der Waals surface area contributed by atoms with Gasteiger partial charge in [-0.05, 0) is 25.0 Å². The van der Waals surface area contributed by atoms with Gasteiger partial charge < -0.3 is 15.1 Å². The van der Waals surface area contributed by atoms with Crippen molar-refractivity contribution in [1.82, 2.24) is 10.6 Å². The number of piperazine rings is 1. The molecule has 22 heavy (non-hydrogen) atoms. The molecule has 0 radical (unpaired) electrons. The van der Waals surface area contributed by atoms with Crippen molar-refractivity contribution in [3.8, 4) is 0 Å². The average molecular weight is 303 g/mol. The van der Waals surface area contributed by atoms with E-state index in [9.17, 15) is 9.59 Å². The molecular formula is C16H23N4O2+. The summed E-state index contributed by atoms with van der Waals surface area (Å²) in [6.45, 7) is 4.04. The molecule has 0 aromatic heterocycles. The van der Waals surface area contributed by atoms with Gasteiger partial charge in [-0.25, -0.2) is 4.79 Å². The monoisotopic (exact) mass is 303 g/mol. The van der Waals surface area contributed by atoms with E-state index >= 15 is 0 Å². The molecule has 1 saturated heterocycles. The Morgan fingerprint density at radius 3 is 2.45 bits per heavy atom. The van der Waals surface area contributed by atoms with Crippen LogP contribution in [0.5, 0.6) is 0 Å². The predicted octanol–water partition coefficient (Wildman–Crippen LogP) is -0.620. The zero-order valence-corrected chi connectivity index (χ0v) is 12.7. The normalized spacial score (nSPS) is 18.8. The van der Waals surface area contributed by atoms with E-state index in [1.807, 2.05) is 18.2 Å². The number of carbonyl (C=O) groups is 2. The molecule has 1 aliphatic heterocycles. The van der Waals surface area contributed by atoms with Crippen molar-refractivity contribution in [2.75, 3.05) is 37.6 Å². The highest BCUT2D eigenvalue weighted by Gasteiger charge is 2.26. The summed E-state index contributed by atoms with van der Waals surface area (Å²) >= 11 is 0. The fraction of sp³-hybridized carbons (Fsp3) is 0.500. The smallest absolute Gasteiger partial charge is 0.321 e. The molecule has 0 atom stereocenters. The minimum Gasteiger partial charge on any atom is -0.360 e. The highest BCUT2D eigenvalue weighted by Crippen LogP contribution is 2.18. The Balaban J connectivity index is 1.39. The number of hydrogen-bond acceptors (Lipinski definition) is 3. The van der Waals surface area contributed by atoms with E-state index in [1.165, 1.54) is 10.6 Å². The Bertz CT molecular complexity index is 522. The van der Waals surface area contributed by atoms with E-state index in [0.29, 0.717) is 6.54 Å². The molecule has 0 spiro atoms. The van der Waals surface area contributed by atoms with Crippen LogP contribution in [0, 0.1) is 0 Å². The molecule has 1 aromatic rings. The molecule has 2 aliphatic rings. The SMILES string of the molecule is O=C(C[NH+]1CCN(c2ccccc2)CC1)NC(=O)NC1CC1. The number of para-hydroxylation sites is 1. The minimum atomic E-state index is -0.352. The van der Waals surface area contributed by atoms with Crippen LogP contribution < -0.4 is 20.4 Å². The summed E-state index contributed by atoms with van der Waals surface area (Å²) < 4.78 is 0. The number of rotatable bonds is 4. The number of nitrogens with one attached hydrogen (secondary N) is 3. The standard InChI is InChI=1S/C16H22N4O2/c21-15(18-16(22)17-13-6-7-13)12-19-8-10-20(11-9-19)14-4-2-1-3-5-14/h1-5,13H,6-12H2,(H2,17,18,21,22)/p+1. The van der Waals surface area contributed by atoms with E-state index in [0.717, 1.165) is 39.0 Å². The van der Waals surface area contributed by atoms with Gasteiger partial charge in [0.05, 0.1) is 26.2 Å². The van der Waals surface area contributed by atoms with Crippen molar-refractivity contribution in [2.45, 2.75) is 18.9 Å². The maximum Gasteiger partial charge on any atom is 0.321 e. The zero-order valence-electron chi connectivity index (χ0n) is 12.7. The van der Waals surface area contributed by atoms with Gasteiger partial charge >= 0.3 is 6.03 Å². The Morgan fingerprint density at radius 2 is 1.82 bits per heavy atom. The lowest BCUT2D eigenvalue weighted by atomic mass is 10.2. The molecule has 1 aromatic carbocycles. The summed E-state index contributed by atoms with van der Waals surface area (Å²) in [5.41, 5.74) is 1.23. The van der Waals surface area contributed by atoms with Crippen LogP contribution in [0.4, 0.5) is 10.5 Å². The number of imide groups is 1. The lowest BCUT2D eigenvalue weighted by Crippen LogP contribution is -3.16. The maximum atomic E-state index is 11.9. The molecule has 6 heteroatoms. The third-order valence-corrected chi connectivity index (χ3v) is 4.17. The van der Waals surface area contributed by atoms with Crippen LogP contribution in [-0.4, -0.2) is 50.7 Å². The van der Waals surface area contributed by atoms with Crippen LogP contribution in [-0.2, 0) is 4.79 Å². The molecule has 0 unspecified atom stereocenters. The van der Waals surface area contributed by atoms with E-state index in [1.54, 1.807) is 0 Å². The third kappa shape index (κ3) is 4.21. The number of anilines is 1. The van der Waals surface area contributed by atoms with Crippen molar-refractivity contribution in [3.63, 3.8) is 0 Å². The van der Waals surface area contributed by atoms with Crippen LogP contribution in [0.25, 0.3) is 0 Å². The summed E-state index contributed by atoms with van der Waals surface area (Å²) in [5, 5.41) is 5.18. The summed E-state index contributed by atoms with van der Waals surface area (Å²) in [6.07, 6.45) is 2.04. The lowest BCUT2D eigenvalue weighted by molar-refractivity contribution is -0.892. The fourth-order valence-corrected chi connectivity index (χ4v) is 2.74. The van der Waals surface area contributed by atoms with E-state index < -0.39 is 0 Å². The van der Waals surface area contributed by atoms with Gasteiger partial charge in [-0.1, -0.05) is 18.2 Å². The summed E-state index contributed by atoms with van der Waals surface area (Å²) in [4.78, 5) is 27.0. The first-order chi connectivity index (χ1) is 10.7. The Hall–Kier alpha value is -2.08. The van der Waals surface area contributed by atoms with Crippen molar-refractivity contribution in [3.05, 3.63) is 30.3 Å². The Kier molecular flexibility index (Phi) is 4.58. The highest BCUT2D eigenvalue weighted by atomic mass is 16.2. The van der Waals surface area contributed by atoms with E-state index in [-0.39, 0.29) is 18.0 Å². The minimum absolute atomic E-state index is 0.193. The van der Waals surface area contributed by atoms with Crippen molar-refractivity contribution in [2.24, 2.45) is 0 Å². The first-order valence-corrected chi connectivity index (χ1v) is 7.94. The number of nitrogens with zero attached hydrogens (tertiary/aromatic N) is 1. The molecule has 1 saturated carbocycles. The third-order valence-electron chi connectivity index (χ3n) is 4.17. The molecule has 118 valence electrons. The molecule has 3 amide bonds. The summed E-state index contributed by atoms with van der Waals surface area (Å²) in [6, 6.07) is 10.2. The second-order valence-corrected chi connectivity index (χ2v) is 6.05. The van der Waals surface area contributed by atoms with Crippen LogP contribution >= 0.6 is 0 Å². The lowest BCUT2D eigenvalue weighted by Gasteiger charge is -2.33. The van der Waals surface area contributed by atoms with Crippen LogP contribution in [0.1, 0.15) is 12.8 Å². The van der Waals surface area contributed by atoms with Crippen LogP contribution in [0.3, 0.4) is 0 Å². The maximum absolute atomic E-state index is 11.9. The molecule has 3 N–H and O–H groups in total. The van der Waals surface area contributed by atoms with Gasteiger partial charge in [0.25, 0.3) is 5.91 Å². The predicted molar refractivity (Wildman–Crippen MR) is 83.9 cm³/mol. The zero-order chi connectivity index (χ0) is 15.4. The van der Waals surface area contributed by atoms with Crippen LogP contribution in [0.2, 0.25) is 0 Å². The van der Waals surface area contributed by atoms with Gasteiger partial charge in [-0.15, -0.1) is 0 Å². The quantitative estimate of drug-likeness (QED) is 0.694. The molecule has 2 fully saturated rings. The van der Waals surface area contributed by atoms with E-state index in [2.05, 4.69) is 27.7 Å². The molecule has 0 bridgehead atoms. The van der Waals surface area contributed by atoms with Gasteiger partial charge in [-0.3, -0.25) is 10.1 Å². The molecule has 3 rings (SSSR count). The number of carbonyl (C=O) groups excluding carboxylic acids is 2. The number of hydrogen-bond donors (Lipinski definition) is 3. The molecule has 1 heterocycles. The largest absolute Gasteiger partial charge is 0.360 e. The highest BCUT2D eigenvalue weighted by molar-refractivity contribution is 5.94. The van der Waals surface area contributed by atoms with Gasteiger partial charge in [0.2, 0.25) is 0 Å². The second-order valence-electron chi connectivity index (χ2n) is 6.05. The Morgan fingerprint density at radius 1 is 1.14 bits per heavy atom. The number of amides is 3.